The van der Waals surface area contributed by atoms with Crippen LogP contribution < -0.4 is 4.72 Å². The van der Waals surface area contributed by atoms with Crippen LogP contribution in [-0.2, 0) is 41.2 Å². The first-order valence-electron chi connectivity index (χ1n) is 9.66. The molecule has 1 aromatic carbocycles. The summed E-state index contributed by atoms with van der Waals surface area (Å²) >= 11 is 0. The molecule has 2 N–H and O–H groups in total. The van der Waals surface area contributed by atoms with Crippen molar-refractivity contribution < 1.29 is 26.7 Å². The molecule has 1 aliphatic carbocycles. The van der Waals surface area contributed by atoms with Crippen LogP contribution in [0.3, 0.4) is 0 Å². The van der Waals surface area contributed by atoms with Crippen molar-refractivity contribution in [1.82, 2.24) is 14.5 Å². The molecular formula is C20H26F3N3O3S. The molecule has 10 heteroatoms. The Hall–Kier alpha value is -1.91. The molecule has 0 saturated carbocycles. The zero-order chi connectivity index (χ0) is 22.5. The van der Waals surface area contributed by atoms with Crippen molar-refractivity contribution >= 4 is 10.0 Å². The number of aromatic nitrogens is 2. The second kappa shape index (κ2) is 7.65. The van der Waals surface area contributed by atoms with Gasteiger partial charge in [-0.3, -0.25) is 4.68 Å². The van der Waals surface area contributed by atoms with Gasteiger partial charge in [-0.2, -0.15) is 18.3 Å². The van der Waals surface area contributed by atoms with Crippen LogP contribution in [0.5, 0.6) is 0 Å². The number of hydrogen-bond donors (Lipinski definition) is 2. The van der Waals surface area contributed by atoms with E-state index >= 15 is 0 Å². The lowest BCUT2D eigenvalue weighted by Crippen LogP contribution is -2.39. The Morgan fingerprint density at radius 1 is 1.23 bits per heavy atom. The number of sulfonamides is 1. The molecule has 1 atom stereocenters. The molecule has 2 aromatic rings. The third kappa shape index (κ3) is 4.87. The Labute approximate surface area is 174 Å². The molecule has 166 valence electrons. The SMILES string of the molecule is CC(C)S(=O)(=O)NC1Cc2ccc(Cn3cc(C(C)(C)O)c(C(F)(F)F)n3)cc2C1. The zero-order valence-electron chi connectivity index (χ0n) is 17.3. The number of aliphatic hydroxyl groups is 1. The van der Waals surface area contributed by atoms with Crippen LogP contribution in [0.25, 0.3) is 0 Å². The topological polar surface area (TPSA) is 84.2 Å². The average molecular weight is 446 g/mol. The molecular weight excluding hydrogens is 419 g/mol. The summed E-state index contributed by atoms with van der Waals surface area (Å²) in [6.45, 7) is 5.91. The maximum absolute atomic E-state index is 13.3. The van der Waals surface area contributed by atoms with Gasteiger partial charge in [0.05, 0.1) is 17.4 Å². The normalized spacial score (nSPS) is 17.6. The molecule has 0 bridgehead atoms. The van der Waals surface area contributed by atoms with E-state index in [0.29, 0.717) is 12.8 Å². The number of fused-ring (bicyclic) bond motifs is 1. The summed E-state index contributed by atoms with van der Waals surface area (Å²) in [4.78, 5) is 0. The van der Waals surface area contributed by atoms with E-state index in [9.17, 15) is 26.7 Å². The molecule has 0 aliphatic heterocycles. The van der Waals surface area contributed by atoms with Crippen LogP contribution in [0, 0.1) is 0 Å². The number of alkyl halides is 3. The summed E-state index contributed by atoms with van der Waals surface area (Å²) in [6, 6.07) is 5.32. The molecule has 1 aliphatic rings. The maximum atomic E-state index is 13.3. The number of rotatable bonds is 6. The largest absolute Gasteiger partial charge is 0.435 e. The van der Waals surface area contributed by atoms with Crippen LogP contribution in [0.2, 0.25) is 0 Å². The minimum atomic E-state index is -4.67. The van der Waals surface area contributed by atoms with Crippen molar-refractivity contribution in [3.8, 4) is 0 Å². The molecule has 1 aromatic heterocycles. The second-order valence-electron chi connectivity index (χ2n) is 8.57. The Bertz CT molecular complexity index is 1010. The molecule has 0 fully saturated rings. The van der Waals surface area contributed by atoms with Crippen molar-refractivity contribution in [1.29, 1.82) is 0 Å². The highest BCUT2D eigenvalue weighted by molar-refractivity contribution is 7.90. The predicted molar refractivity (Wildman–Crippen MR) is 106 cm³/mol. The minimum absolute atomic E-state index is 0.106. The third-order valence-electron chi connectivity index (χ3n) is 5.19. The van der Waals surface area contributed by atoms with E-state index in [2.05, 4.69) is 9.82 Å². The van der Waals surface area contributed by atoms with Crippen LogP contribution in [0.4, 0.5) is 13.2 Å². The molecule has 6 nitrogen and oxygen atoms in total. The van der Waals surface area contributed by atoms with Crippen LogP contribution in [0.15, 0.2) is 24.4 Å². The van der Waals surface area contributed by atoms with E-state index in [4.69, 9.17) is 0 Å². The van der Waals surface area contributed by atoms with Crippen LogP contribution in [0.1, 0.15) is 55.6 Å². The summed E-state index contributed by atoms with van der Waals surface area (Å²) in [5.41, 5.74) is -0.320. The van der Waals surface area contributed by atoms with Gasteiger partial charge in [0.1, 0.15) is 0 Å². The third-order valence-corrected chi connectivity index (χ3v) is 7.09. The Balaban J connectivity index is 1.80. The number of nitrogens with one attached hydrogen (secondary N) is 1. The standard InChI is InChI=1S/C20H26F3N3O3S/c1-12(2)30(28,29)25-16-8-14-6-5-13(7-15(14)9-16)10-26-11-17(19(3,4)27)18(24-26)20(21,22)23/h5-7,11-12,16,25,27H,8-10H2,1-4H3. The van der Waals surface area contributed by atoms with E-state index in [-0.39, 0.29) is 18.2 Å². The first kappa shape index (κ1) is 22.8. The predicted octanol–water partition coefficient (Wildman–Crippen LogP) is 2.97. The van der Waals surface area contributed by atoms with Gasteiger partial charge >= 0.3 is 6.18 Å². The van der Waals surface area contributed by atoms with Gasteiger partial charge in [0, 0.05) is 17.8 Å². The number of nitrogens with zero attached hydrogens (tertiary/aromatic N) is 2. The van der Waals surface area contributed by atoms with Gasteiger partial charge in [-0.15, -0.1) is 0 Å². The molecule has 0 spiro atoms. The number of benzene rings is 1. The molecule has 1 unspecified atom stereocenters. The lowest BCUT2D eigenvalue weighted by atomic mass is 9.99. The highest BCUT2D eigenvalue weighted by Crippen LogP contribution is 2.35. The van der Waals surface area contributed by atoms with Crippen molar-refractivity contribution in [3.63, 3.8) is 0 Å². The van der Waals surface area contributed by atoms with Crippen molar-refractivity contribution in [2.45, 2.75) is 70.2 Å². The van der Waals surface area contributed by atoms with Crippen LogP contribution >= 0.6 is 0 Å². The van der Waals surface area contributed by atoms with E-state index in [0.717, 1.165) is 16.7 Å². The van der Waals surface area contributed by atoms with E-state index < -0.39 is 32.7 Å². The van der Waals surface area contributed by atoms with Gasteiger partial charge in [-0.05, 0) is 57.2 Å². The van der Waals surface area contributed by atoms with Crippen LogP contribution in [-0.4, -0.2) is 34.6 Å². The summed E-state index contributed by atoms with van der Waals surface area (Å²) < 4.78 is 68.0. The lowest BCUT2D eigenvalue weighted by molar-refractivity contribution is -0.144. The molecule has 0 saturated heterocycles. The highest BCUT2D eigenvalue weighted by atomic mass is 32.2. The number of hydrogen-bond acceptors (Lipinski definition) is 4. The maximum Gasteiger partial charge on any atom is 0.435 e. The summed E-state index contributed by atoms with van der Waals surface area (Å²) in [7, 11) is -3.38. The molecule has 1 heterocycles. The van der Waals surface area contributed by atoms with Gasteiger partial charge in [-0.25, -0.2) is 13.1 Å². The van der Waals surface area contributed by atoms with Gasteiger partial charge in [-0.1, -0.05) is 18.2 Å². The van der Waals surface area contributed by atoms with Gasteiger partial charge in [0.2, 0.25) is 10.0 Å². The fourth-order valence-electron chi connectivity index (χ4n) is 3.57. The summed E-state index contributed by atoms with van der Waals surface area (Å²) in [6.07, 6.45) is -2.35. The van der Waals surface area contributed by atoms with Gasteiger partial charge in [0.15, 0.2) is 5.69 Å². The molecule has 30 heavy (non-hydrogen) atoms. The Morgan fingerprint density at radius 3 is 2.40 bits per heavy atom. The van der Waals surface area contributed by atoms with Crippen molar-refractivity contribution in [3.05, 3.63) is 52.3 Å². The number of halogens is 3. The highest BCUT2D eigenvalue weighted by Gasteiger charge is 2.41. The Kier molecular flexibility index (Phi) is 5.81. The molecule has 0 radical (unpaired) electrons. The van der Waals surface area contributed by atoms with Crippen molar-refractivity contribution in [2.75, 3.05) is 0 Å². The van der Waals surface area contributed by atoms with Gasteiger partial charge < -0.3 is 5.11 Å². The zero-order valence-corrected chi connectivity index (χ0v) is 18.1. The van der Waals surface area contributed by atoms with Gasteiger partial charge in [0.25, 0.3) is 0 Å². The van der Waals surface area contributed by atoms with Crippen molar-refractivity contribution in [2.24, 2.45) is 0 Å². The Morgan fingerprint density at radius 2 is 1.87 bits per heavy atom. The molecule has 3 rings (SSSR count). The monoisotopic (exact) mass is 445 g/mol. The fraction of sp³-hybridized carbons (Fsp3) is 0.550. The summed E-state index contributed by atoms with van der Waals surface area (Å²) in [5, 5.41) is 13.2. The van der Waals surface area contributed by atoms with E-state index in [1.165, 1.54) is 24.7 Å². The summed E-state index contributed by atoms with van der Waals surface area (Å²) in [5.74, 6) is 0. The molecule has 0 amide bonds. The smallest absolute Gasteiger partial charge is 0.386 e. The lowest BCUT2D eigenvalue weighted by Gasteiger charge is -2.17. The van der Waals surface area contributed by atoms with E-state index in [1.807, 2.05) is 12.1 Å². The van der Waals surface area contributed by atoms with E-state index in [1.54, 1.807) is 19.9 Å². The quantitative estimate of drug-likeness (QED) is 0.716. The minimum Gasteiger partial charge on any atom is -0.386 e. The first-order chi connectivity index (χ1) is 13.7. The fourth-order valence-corrected chi connectivity index (χ4v) is 4.47. The second-order valence-corrected chi connectivity index (χ2v) is 10.8. The first-order valence-corrected chi connectivity index (χ1v) is 11.2. The average Bonchev–Trinajstić information content (AvgIpc) is 3.16.